The molecule has 1 aromatic heterocycles. The summed E-state index contributed by atoms with van der Waals surface area (Å²) in [5.74, 6) is 1.12. The van der Waals surface area contributed by atoms with Crippen molar-refractivity contribution in [3.63, 3.8) is 0 Å². The third-order valence-electron chi connectivity index (χ3n) is 6.33. The highest BCUT2D eigenvalue weighted by molar-refractivity contribution is 5.86. The molecule has 2 saturated heterocycles. The first-order chi connectivity index (χ1) is 12.2. The molecule has 0 saturated carbocycles. The van der Waals surface area contributed by atoms with Gasteiger partial charge in [-0.25, -0.2) is 0 Å². The quantitative estimate of drug-likeness (QED) is 0.801. The molecule has 1 unspecified atom stereocenters. The van der Waals surface area contributed by atoms with Crippen molar-refractivity contribution in [1.29, 1.82) is 0 Å². The number of piperidine rings is 2. The van der Waals surface area contributed by atoms with Crippen LogP contribution >= 0.6 is 0 Å². The third-order valence-corrected chi connectivity index (χ3v) is 6.33. The van der Waals surface area contributed by atoms with Gasteiger partial charge in [0.2, 0.25) is 0 Å². The fourth-order valence-electron chi connectivity index (χ4n) is 4.73. The molecule has 3 heterocycles. The van der Waals surface area contributed by atoms with Crippen molar-refractivity contribution in [2.75, 3.05) is 32.7 Å². The van der Waals surface area contributed by atoms with Crippen LogP contribution in [0.1, 0.15) is 42.7 Å². The van der Waals surface area contributed by atoms with Gasteiger partial charge in [0.15, 0.2) is 0 Å². The Labute approximate surface area is 150 Å². The van der Waals surface area contributed by atoms with E-state index in [0.29, 0.717) is 0 Å². The van der Waals surface area contributed by atoms with Crippen molar-refractivity contribution < 1.29 is 5.11 Å². The number of likely N-dealkylation sites (tertiary alicyclic amines) is 1. The Morgan fingerprint density at radius 1 is 1.20 bits per heavy atom. The van der Waals surface area contributed by atoms with Gasteiger partial charge in [-0.15, -0.1) is 0 Å². The smallest absolute Gasteiger partial charge is 0.0736 e. The number of para-hydroxylation sites is 1. The van der Waals surface area contributed by atoms with Crippen LogP contribution in [0.2, 0.25) is 0 Å². The number of rotatable bonds is 4. The molecular formula is C21H31N3O. The summed E-state index contributed by atoms with van der Waals surface area (Å²) >= 11 is 0. The number of hydrogen-bond donors (Lipinski definition) is 3. The van der Waals surface area contributed by atoms with Crippen LogP contribution in [0.4, 0.5) is 0 Å². The molecule has 4 heteroatoms. The molecule has 2 fully saturated rings. The molecule has 2 aliphatic heterocycles. The van der Waals surface area contributed by atoms with Gasteiger partial charge in [0.05, 0.1) is 6.10 Å². The number of aromatic amines is 1. The van der Waals surface area contributed by atoms with Gasteiger partial charge in [0, 0.05) is 29.6 Å². The maximum Gasteiger partial charge on any atom is 0.0736 e. The van der Waals surface area contributed by atoms with Crippen molar-refractivity contribution in [2.45, 2.75) is 44.6 Å². The van der Waals surface area contributed by atoms with Crippen LogP contribution in [-0.2, 0) is 0 Å². The molecule has 25 heavy (non-hydrogen) atoms. The lowest BCUT2D eigenvalue weighted by molar-refractivity contribution is 0.0483. The monoisotopic (exact) mass is 341 g/mol. The number of aliphatic hydroxyl groups is 1. The second-order valence-corrected chi connectivity index (χ2v) is 7.99. The van der Waals surface area contributed by atoms with E-state index < -0.39 is 0 Å². The third kappa shape index (κ3) is 3.62. The Morgan fingerprint density at radius 2 is 2.04 bits per heavy atom. The van der Waals surface area contributed by atoms with Crippen molar-refractivity contribution in [3.05, 3.63) is 35.5 Å². The van der Waals surface area contributed by atoms with E-state index in [1.54, 1.807) is 0 Å². The fourth-order valence-corrected chi connectivity index (χ4v) is 4.73. The van der Waals surface area contributed by atoms with Gasteiger partial charge in [-0.05, 0) is 75.8 Å². The molecule has 2 atom stereocenters. The maximum absolute atomic E-state index is 10.8. The summed E-state index contributed by atoms with van der Waals surface area (Å²) in [6, 6.07) is 6.45. The minimum absolute atomic E-state index is 0.255. The minimum atomic E-state index is -0.263. The van der Waals surface area contributed by atoms with Crippen LogP contribution < -0.4 is 5.32 Å². The Morgan fingerprint density at radius 3 is 2.84 bits per heavy atom. The second-order valence-electron chi connectivity index (χ2n) is 7.99. The van der Waals surface area contributed by atoms with Gasteiger partial charge in [-0.2, -0.15) is 0 Å². The average Bonchev–Trinajstić information content (AvgIpc) is 3.06. The summed E-state index contributed by atoms with van der Waals surface area (Å²) in [5.41, 5.74) is 3.79. The Kier molecular flexibility index (Phi) is 5.11. The summed E-state index contributed by atoms with van der Waals surface area (Å²) in [5, 5.41) is 15.5. The summed E-state index contributed by atoms with van der Waals surface area (Å²) in [6.45, 7) is 7.55. The van der Waals surface area contributed by atoms with Crippen molar-refractivity contribution in [2.24, 2.45) is 5.92 Å². The topological polar surface area (TPSA) is 51.3 Å². The summed E-state index contributed by atoms with van der Waals surface area (Å²) in [6.07, 6.45) is 6.82. The Hall–Kier alpha value is -1.36. The number of hydrogen-bond acceptors (Lipinski definition) is 3. The van der Waals surface area contributed by atoms with E-state index in [9.17, 15) is 5.11 Å². The number of aromatic nitrogens is 1. The first-order valence-electron chi connectivity index (χ1n) is 9.90. The van der Waals surface area contributed by atoms with E-state index >= 15 is 0 Å². The minimum Gasteiger partial charge on any atom is -0.391 e. The van der Waals surface area contributed by atoms with Gasteiger partial charge in [-0.3, -0.25) is 0 Å². The zero-order valence-corrected chi connectivity index (χ0v) is 15.3. The SMILES string of the molecule is Cc1cccc2c([C@@H]3CCN(CCC4CCNCC4)CC3O)c[nH]c12. The van der Waals surface area contributed by atoms with Crippen molar-refractivity contribution >= 4 is 10.9 Å². The van der Waals surface area contributed by atoms with Crippen LogP contribution in [0, 0.1) is 12.8 Å². The van der Waals surface area contributed by atoms with Gasteiger partial charge >= 0.3 is 0 Å². The van der Waals surface area contributed by atoms with E-state index in [1.165, 1.54) is 54.4 Å². The highest BCUT2D eigenvalue weighted by atomic mass is 16.3. The van der Waals surface area contributed by atoms with Crippen LogP contribution in [-0.4, -0.2) is 53.8 Å². The normalized spacial score (nSPS) is 26.3. The van der Waals surface area contributed by atoms with Crippen LogP contribution in [0.3, 0.4) is 0 Å². The zero-order valence-electron chi connectivity index (χ0n) is 15.3. The lowest BCUT2D eigenvalue weighted by Crippen LogP contribution is -2.43. The van der Waals surface area contributed by atoms with Gasteiger partial charge < -0.3 is 20.3 Å². The molecule has 0 aliphatic carbocycles. The second kappa shape index (κ2) is 7.48. The lowest BCUT2D eigenvalue weighted by atomic mass is 9.86. The summed E-state index contributed by atoms with van der Waals surface area (Å²) < 4.78 is 0. The number of aryl methyl sites for hydroxylation is 1. The number of aliphatic hydroxyl groups excluding tert-OH is 1. The molecule has 136 valence electrons. The van der Waals surface area contributed by atoms with E-state index in [4.69, 9.17) is 0 Å². The molecule has 0 spiro atoms. The summed E-state index contributed by atoms with van der Waals surface area (Å²) in [7, 11) is 0. The van der Waals surface area contributed by atoms with Gasteiger partial charge in [0.25, 0.3) is 0 Å². The highest BCUT2D eigenvalue weighted by Crippen LogP contribution is 2.34. The van der Waals surface area contributed by atoms with Crippen LogP contribution in [0.15, 0.2) is 24.4 Å². The van der Waals surface area contributed by atoms with Crippen LogP contribution in [0.5, 0.6) is 0 Å². The van der Waals surface area contributed by atoms with E-state index in [-0.39, 0.29) is 12.0 Å². The molecule has 0 radical (unpaired) electrons. The number of nitrogens with one attached hydrogen (secondary N) is 2. The Balaban J connectivity index is 1.38. The maximum atomic E-state index is 10.8. The number of nitrogens with zero attached hydrogens (tertiary/aromatic N) is 1. The molecule has 4 nitrogen and oxygen atoms in total. The molecule has 2 aromatic rings. The highest BCUT2D eigenvalue weighted by Gasteiger charge is 2.30. The Bertz CT molecular complexity index is 704. The standard InChI is InChI=1S/C21H31N3O/c1-15-3-2-4-18-19(13-23-21(15)18)17-8-12-24(14-20(17)25)11-7-16-5-9-22-10-6-16/h2-4,13,16-17,20,22-23,25H,5-12,14H2,1H3/t17-,20?/m0/s1. The molecule has 1 aromatic carbocycles. The van der Waals surface area contributed by atoms with Crippen LogP contribution in [0.25, 0.3) is 10.9 Å². The van der Waals surface area contributed by atoms with E-state index in [0.717, 1.165) is 32.0 Å². The zero-order chi connectivity index (χ0) is 17.2. The molecule has 0 amide bonds. The van der Waals surface area contributed by atoms with E-state index in [1.807, 2.05) is 0 Å². The molecule has 3 N–H and O–H groups in total. The molecular weight excluding hydrogens is 310 g/mol. The number of H-pyrrole nitrogens is 1. The predicted molar refractivity (Wildman–Crippen MR) is 103 cm³/mol. The molecule has 4 rings (SSSR count). The van der Waals surface area contributed by atoms with E-state index in [2.05, 4.69) is 46.5 Å². The predicted octanol–water partition coefficient (Wildman–Crippen LogP) is 3.02. The number of β-amino-alcohol motifs (C(OH)–C–C–N with tert-alkyl or cyclic N) is 1. The molecule has 2 aliphatic rings. The lowest BCUT2D eigenvalue weighted by Gasteiger charge is -2.37. The first-order valence-corrected chi connectivity index (χ1v) is 9.90. The van der Waals surface area contributed by atoms with Crippen molar-refractivity contribution in [1.82, 2.24) is 15.2 Å². The average molecular weight is 341 g/mol. The fraction of sp³-hybridized carbons (Fsp3) is 0.619. The first kappa shape index (κ1) is 17.1. The molecule has 0 bridgehead atoms. The van der Waals surface area contributed by atoms with Gasteiger partial charge in [0.1, 0.15) is 0 Å². The van der Waals surface area contributed by atoms with Gasteiger partial charge in [-0.1, -0.05) is 18.2 Å². The summed E-state index contributed by atoms with van der Waals surface area (Å²) in [4.78, 5) is 5.90. The number of benzene rings is 1. The largest absolute Gasteiger partial charge is 0.391 e. The number of fused-ring (bicyclic) bond motifs is 1. The van der Waals surface area contributed by atoms with Crippen molar-refractivity contribution in [3.8, 4) is 0 Å².